The van der Waals surface area contributed by atoms with Crippen molar-refractivity contribution in [3.63, 3.8) is 0 Å². The summed E-state index contributed by atoms with van der Waals surface area (Å²) in [6.07, 6.45) is 0.754. The summed E-state index contributed by atoms with van der Waals surface area (Å²) in [6.45, 7) is 1.81. The predicted octanol–water partition coefficient (Wildman–Crippen LogP) is 0.534. The van der Waals surface area contributed by atoms with Crippen molar-refractivity contribution in [3.8, 4) is 0 Å². The number of carbonyl (C=O) groups is 5. The maximum atomic E-state index is 12.8. The highest BCUT2D eigenvalue weighted by molar-refractivity contribution is 6.08. The van der Waals surface area contributed by atoms with Crippen molar-refractivity contribution in [1.29, 1.82) is 0 Å². The van der Waals surface area contributed by atoms with Gasteiger partial charge in [-0.3, -0.25) is 24.1 Å². The third-order valence-electron chi connectivity index (χ3n) is 4.68. The molecule has 0 unspecified atom stereocenters. The summed E-state index contributed by atoms with van der Waals surface area (Å²) in [5, 5.41) is 7.28. The number of imide groups is 1. The predicted molar refractivity (Wildman–Crippen MR) is 103 cm³/mol. The molecular weight excluding hydrogens is 399 g/mol. The van der Waals surface area contributed by atoms with Crippen molar-refractivity contribution in [2.75, 3.05) is 25.0 Å². The Morgan fingerprint density at radius 1 is 1.10 bits per heavy atom. The topological polar surface area (TPSA) is 134 Å². The molecule has 1 fully saturated rings. The number of nitrogens with one attached hydrogen (secondary N) is 3. The van der Waals surface area contributed by atoms with Gasteiger partial charge in [0.05, 0.1) is 6.54 Å². The smallest absolute Gasteiger partial charge is 0.326 e. The highest BCUT2D eigenvalue weighted by Crippen LogP contribution is 2.24. The number of ether oxygens (including phenoxy) is 1. The second-order valence-corrected chi connectivity index (χ2v) is 6.60. The van der Waals surface area contributed by atoms with E-state index in [0.717, 1.165) is 4.90 Å². The number of rotatable bonds is 9. The summed E-state index contributed by atoms with van der Waals surface area (Å²) < 4.78 is 17.6. The van der Waals surface area contributed by atoms with Crippen LogP contribution in [0.2, 0.25) is 0 Å². The fraction of sp³-hybridized carbons (Fsp3) is 0.421. The van der Waals surface area contributed by atoms with Crippen LogP contribution in [0.5, 0.6) is 0 Å². The standard InChI is InChI=1S/C19H23FN4O6/c1-3-19(4-2)17(28)24(18(29)23-19)10-16(27)30-11-15(26)21-9-14(25)22-13-7-5-12(20)6-8-13/h5-8H,3-4,9-11H2,1-2H3,(H,21,26)(H,22,25)(H,23,29). The Labute approximate surface area is 172 Å². The van der Waals surface area contributed by atoms with E-state index in [9.17, 15) is 28.4 Å². The molecule has 2 rings (SSSR count). The van der Waals surface area contributed by atoms with Crippen LogP contribution in [0.4, 0.5) is 14.9 Å². The summed E-state index contributed by atoms with van der Waals surface area (Å²) in [5.74, 6) is -3.21. The fourth-order valence-corrected chi connectivity index (χ4v) is 2.84. The van der Waals surface area contributed by atoms with Gasteiger partial charge in [0.2, 0.25) is 5.91 Å². The van der Waals surface area contributed by atoms with Crippen LogP contribution >= 0.6 is 0 Å². The average molecular weight is 422 g/mol. The highest BCUT2D eigenvalue weighted by Gasteiger charge is 2.49. The van der Waals surface area contributed by atoms with E-state index in [4.69, 9.17) is 4.74 Å². The first-order valence-corrected chi connectivity index (χ1v) is 9.32. The van der Waals surface area contributed by atoms with E-state index < -0.39 is 60.8 Å². The number of esters is 1. The van der Waals surface area contributed by atoms with E-state index >= 15 is 0 Å². The van der Waals surface area contributed by atoms with E-state index in [1.165, 1.54) is 24.3 Å². The van der Waals surface area contributed by atoms with Crippen molar-refractivity contribution in [1.82, 2.24) is 15.5 Å². The van der Waals surface area contributed by atoms with Gasteiger partial charge in [-0.2, -0.15) is 0 Å². The molecule has 0 radical (unpaired) electrons. The van der Waals surface area contributed by atoms with Crippen molar-refractivity contribution < 1.29 is 33.1 Å². The molecule has 10 nitrogen and oxygen atoms in total. The fourth-order valence-electron chi connectivity index (χ4n) is 2.84. The normalized spacial score (nSPS) is 14.8. The molecule has 0 aliphatic carbocycles. The Bertz CT molecular complexity index is 838. The molecule has 0 bridgehead atoms. The molecule has 0 saturated carbocycles. The second-order valence-electron chi connectivity index (χ2n) is 6.60. The van der Waals surface area contributed by atoms with E-state index in [2.05, 4.69) is 16.0 Å². The first-order valence-electron chi connectivity index (χ1n) is 9.32. The number of carbonyl (C=O) groups excluding carboxylic acids is 5. The first-order chi connectivity index (χ1) is 14.2. The van der Waals surface area contributed by atoms with Crippen molar-refractivity contribution in [3.05, 3.63) is 30.1 Å². The minimum atomic E-state index is -1.04. The third-order valence-corrected chi connectivity index (χ3v) is 4.68. The van der Waals surface area contributed by atoms with Gasteiger partial charge in [0.15, 0.2) is 6.61 Å². The van der Waals surface area contributed by atoms with Crippen LogP contribution in [0.3, 0.4) is 0 Å². The number of amides is 5. The van der Waals surface area contributed by atoms with Crippen LogP contribution in [0, 0.1) is 5.82 Å². The summed E-state index contributed by atoms with van der Waals surface area (Å²) >= 11 is 0. The molecule has 30 heavy (non-hydrogen) atoms. The molecule has 1 aromatic rings. The largest absolute Gasteiger partial charge is 0.454 e. The Morgan fingerprint density at radius 3 is 2.30 bits per heavy atom. The zero-order chi connectivity index (χ0) is 22.3. The van der Waals surface area contributed by atoms with E-state index in [0.29, 0.717) is 18.5 Å². The molecule has 11 heteroatoms. The number of anilines is 1. The average Bonchev–Trinajstić information content (AvgIpc) is 2.97. The Balaban J connectivity index is 1.73. The minimum Gasteiger partial charge on any atom is -0.454 e. The molecule has 3 N–H and O–H groups in total. The van der Waals surface area contributed by atoms with Gasteiger partial charge in [0.1, 0.15) is 17.9 Å². The van der Waals surface area contributed by atoms with Crippen LogP contribution in [-0.4, -0.2) is 59.9 Å². The van der Waals surface area contributed by atoms with Crippen LogP contribution < -0.4 is 16.0 Å². The molecule has 1 aromatic carbocycles. The van der Waals surface area contributed by atoms with Gasteiger partial charge in [-0.1, -0.05) is 13.8 Å². The van der Waals surface area contributed by atoms with Gasteiger partial charge in [0, 0.05) is 5.69 Å². The number of urea groups is 1. The summed E-state index contributed by atoms with van der Waals surface area (Å²) in [6, 6.07) is 4.37. The molecule has 0 spiro atoms. The lowest BCUT2D eigenvalue weighted by molar-refractivity contribution is -0.151. The third kappa shape index (κ3) is 5.52. The van der Waals surface area contributed by atoms with Crippen LogP contribution in [0.15, 0.2) is 24.3 Å². The number of halogens is 1. The van der Waals surface area contributed by atoms with Crippen LogP contribution in [0.1, 0.15) is 26.7 Å². The van der Waals surface area contributed by atoms with E-state index in [1.54, 1.807) is 13.8 Å². The number of nitrogens with zero attached hydrogens (tertiary/aromatic N) is 1. The molecule has 0 aromatic heterocycles. The molecule has 0 atom stereocenters. The second kappa shape index (κ2) is 9.81. The molecule has 162 valence electrons. The van der Waals surface area contributed by atoms with Crippen molar-refractivity contribution in [2.45, 2.75) is 32.2 Å². The zero-order valence-electron chi connectivity index (χ0n) is 16.6. The Morgan fingerprint density at radius 2 is 1.73 bits per heavy atom. The maximum Gasteiger partial charge on any atom is 0.326 e. The lowest BCUT2D eigenvalue weighted by atomic mass is 9.93. The van der Waals surface area contributed by atoms with Crippen LogP contribution in [0.25, 0.3) is 0 Å². The van der Waals surface area contributed by atoms with Crippen molar-refractivity contribution >= 4 is 35.4 Å². The molecule has 1 saturated heterocycles. The Hall–Kier alpha value is -3.50. The van der Waals surface area contributed by atoms with E-state index in [1.807, 2.05) is 0 Å². The summed E-state index contributed by atoms with van der Waals surface area (Å²) in [4.78, 5) is 60.5. The zero-order valence-corrected chi connectivity index (χ0v) is 16.6. The van der Waals surface area contributed by atoms with Gasteiger partial charge in [0.25, 0.3) is 11.8 Å². The van der Waals surface area contributed by atoms with Gasteiger partial charge >= 0.3 is 12.0 Å². The maximum absolute atomic E-state index is 12.8. The van der Waals surface area contributed by atoms with E-state index in [-0.39, 0.29) is 0 Å². The number of hydrogen-bond donors (Lipinski definition) is 3. The van der Waals surface area contributed by atoms with Gasteiger partial charge in [-0.25, -0.2) is 9.18 Å². The summed E-state index contributed by atoms with van der Waals surface area (Å²) in [5.41, 5.74) is -0.682. The first kappa shape index (κ1) is 22.8. The SMILES string of the molecule is CCC1(CC)NC(=O)N(CC(=O)OCC(=O)NCC(=O)Nc2ccc(F)cc2)C1=O. The summed E-state index contributed by atoms with van der Waals surface area (Å²) in [7, 11) is 0. The highest BCUT2D eigenvalue weighted by atomic mass is 19.1. The monoisotopic (exact) mass is 422 g/mol. The van der Waals surface area contributed by atoms with Gasteiger partial charge in [-0.05, 0) is 37.1 Å². The van der Waals surface area contributed by atoms with Gasteiger partial charge in [-0.15, -0.1) is 0 Å². The van der Waals surface area contributed by atoms with Crippen LogP contribution in [-0.2, 0) is 23.9 Å². The van der Waals surface area contributed by atoms with Gasteiger partial charge < -0.3 is 20.7 Å². The lowest BCUT2D eigenvalue weighted by Gasteiger charge is -2.22. The lowest BCUT2D eigenvalue weighted by Crippen LogP contribution is -2.46. The quantitative estimate of drug-likeness (QED) is 0.393. The molecule has 1 heterocycles. The van der Waals surface area contributed by atoms with Crippen molar-refractivity contribution in [2.24, 2.45) is 0 Å². The molecule has 1 aliphatic rings. The minimum absolute atomic E-state index is 0.353. The molecule has 1 aliphatic heterocycles. The Kier molecular flexibility index (Phi) is 7.45. The molecule has 5 amide bonds. The number of hydrogen-bond acceptors (Lipinski definition) is 6. The number of benzene rings is 1. The molecular formula is C19H23FN4O6.